The number of thiazole rings is 1. The average molecular weight is 810 g/mol. The molecule has 0 N–H and O–H groups in total. The van der Waals surface area contributed by atoms with Gasteiger partial charge in [0.2, 0.25) is 0 Å². The molecule has 0 radical (unpaired) electrons. The Labute approximate surface area is 284 Å². The normalized spacial score (nSPS) is 14.4. The highest BCUT2D eigenvalue weighted by Crippen LogP contribution is 2.35. The Hall–Kier alpha value is -3.13. The molecule has 1 aromatic heterocycles. The molecule has 228 valence electrons. The lowest BCUT2D eigenvalue weighted by Crippen LogP contribution is -2.39. The summed E-state index contributed by atoms with van der Waals surface area (Å²) in [6, 6.07) is 15.9. The molecular weight excluding hydrogens is 783 g/mol. The predicted octanol–water partition coefficient (Wildman–Crippen LogP) is 6.42. The Kier molecular flexibility index (Phi) is 10.5. The van der Waals surface area contributed by atoms with E-state index in [9.17, 15) is 9.59 Å². The molecule has 0 spiro atoms. The number of nitrogens with zero attached hydrogens (tertiary/aromatic N) is 2. The summed E-state index contributed by atoms with van der Waals surface area (Å²) >= 11 is 13.4. The summed E-state index contributed by atoms with van der Waals surface area (Å²) in [7, 11) is 1.30. The van der Waals surface area contributed by atoms with Gasteiger partial charge in [-0.1, -0.05) is 63.1 Å². The summed E-state index contributed by atoms with van der Waals surface area (Å²) in [5.41, 5.74) is 2.10. The zero-order valence-corrected chi connectivity index (χ0v) is 29.3. The minimum absolute atomic E-state index is 0.221. The maximum Gasteiger partial charge on any atom is 0.337 e. The number of methoxy groups -OCH3 is 1. The molecule has 1 atom stereocenters. The number of carbonyl (C=O) groups is 1. The number of hydrogen-bond donors (Lipinski definition) is 0. The van der Waals surface area contributed by atoms with Crippen LogP contribution >= 0.6 is 61.5 Å². The second-order valence-electron chi connectivity index (χ2n) is 9.43. The third kappa shape index (κ3) is 6.75. The topological polar surface area (TPSA) is 88.4 Å². The maximum atomic E-state index is 14.1. The second kappa shape index (κ2) is 14.3. The van der Waals surface area contributed by atoms with E-state index in [-0.39, 0.29) is 17.7 Å². The van der Waals surface area contributed by atoms with Crippen molar-refractivity contribution in [1.82, 2.24) is 4.57 Å². The standard InChI is InChI=1S/C32H27BrClIN2O6S/c1-4-41-25-11-10-18(13-26(25)42-5-2)28-22(31(39)40-3)16-36-32-37(28)30(38)27(44-32)14-20-12-21(33)15-24(35)29(20)43-17-19-8-6-7-9-23(19)34/h6-16,28H,4-5,17H2,1-3H3/b27-14+/t28-/m0/s1. The average Bonchev–Trinajstić information content (AvgIpc) is 3.32. The number of hydrogen-bond acceptors (Lipinski definition) is 8. The van der Waals surface area contributed by atoms with Gasteiger partial charge in [0, 0.05) is 26.8 Å². The molecule has 8 nitrogen and oxygen atoms in total. The van der Waals surface area contributed by atoms with Crippen LogP contribution in [0.5, 0.6) is 17.2 Å². The largest absolute Gasteiger partial charge is 0.490 e. The van der Waals surface area contributed by atoms with Crippen LogP contribution in [0.4, 0.5) is 0 Å². The number of fused-ring (bicyclic) bond motifs is 1. The zero-order chi connectivity index (χ0) is 31.4. The lowest BCUT2D eigenvalue weighted by atomic mass is 9.97. The van der Waals surface area contributed by atoms with Crippen LogP contribution in [0.3, 0.4) is 0 Å². The van der Waals surface area contributed by atoms with E-state index in [4.69, 9.17) is 30.5 Å². The van der Waals surface area contributed by atoms with Gasteiger partial charge in [0.05, 0.1) is 40.0 Å². The molecule has 44 heavy (non-hydrogen) atoms. The van der Waals surface area contributed by atoms with Crippen LogP contribution in [-0.2, 0) is 16.1 Å². The molecule has 4 aromatic rings. The molecule has 0 unspecified atom stereocenters. The van der Waals surface area contributed by atoms with Gasteiger partial charge in [0.1, 0.15) is 12.4 Å². The number of aromatic nitrogens is 1. The fourth-order valence-corrected chi connectivity index (χ4v) is 7.59. The monoisotopic (exact) mass is 808 g/mol. The lowest BCUT2D eigenvalue weighted by Gasteiger charge is -2.23. The highest BCUT2D eigenvalue weighted by molar-refractivity contribution is 14.1. The van der Waals surface area contributed by atoms with E-state index >= 15 is 0 Å². The van der Waals surface area contributed by atoms with Crippen molar-refractivity contribution < 1.29 is 23.7 Å². The molecule has 0 amide bonds. The fraction of sp³-hybridized carbons (Fsp3) is 0.219. The molecule has 1 aliphatic heterocycles. The molecule has 0 bridgehead atoms. The van der Waals surface area contributed by atoms with Gasteiger partial charge in [0.15, 0.2) is 16.3 Å². The van der Waals surface area contributed by atoms with Gasteiger partial charge in [-0.15, -0.1) is 0 Å². The molecule has 5 rings (SSSR count). The van der Waals surface area contributed by atoms with Crippen LogP contribution in [0, 0.1) is 3.57 Å². The summed E-state index contributed by atoms with van der Waals surface area (Å²) in [6.45, 7) is 4.89. The van der Waals surface area contributed by atoms with E-state index in [0.717, 1.165) is 13.6 Å². The second-order valence-corrected chi connectivity index (χ2v) is 12.9. The van der Waals surface area contributed by atoms with Gasteiger partial charge in [-0.05, 0) is 78.4 Å². The molecule has 0 saturated heterocycles. The molecule has 2 heterocycles. The van der Waals surface area contributed by atoms with E-state index in [1.807, 2.05) is 56.3 Å². The Morgan fingerprint density at radius 3 is 2.57 bits per heavy atom. The van der Waals surface area contributed by atoms with E-state index in [1.54, 1.807) is 18.2 Å². The van der Waals surface area contributed by atoms with Gasteiger partial charge >= 0.3 is 5.97 Å². The highest BCUT2D eigenvalue weighted by Gasteiger charge is 2.31. The summed E-state index contributed by atoms with van der Waals surface area (Å²) < 4.78 is 26.5. The van der Waals surface area contributed by atoms with Gasteiger partial charge in [0.25, 0.3) is 5.56 Å². The van der Waals surface area contributed by atoms with Crippen molar-refractivity contribution in [3.05, 3.63) is 116 Å². The van der Waals surface area contributed by atoms with E-state index in [2.05, 4.69) is 43.5 Å². The Morgan fingerprint density at radius 1 is 1.09 bits per heavy atom. The molecule has 3 aromatic carbocycles. The van der Waals surface area contributed by atoms with Crippen LogP contribution < -0.4 is 29.1 Å². The van der Waals surface area contributed by atoms with Crippen molar-refractivity contribution >= 4 is 73.5 Å². The number of carbonyl (C=O) groups excluding carboxylic acids is 1. The number of halogens is 3. The first kappa shape index (κ1) is 32.3. The highest BCUT2D eigenvalue weighted by atomic mass is 127. The summed E-state index contributed by atoms with van der Waals surface area (Å²) in [5.74, 6) is 1.11. The van der Waals surface area contributed by atoms with Crippen molar-refractivity contribution in [3.8, 4) is 17.2 Å². The zero-order valence-electron chi connectivity index (χ0n) is 23.9. The smallest absolute Gasteiger partial charge is 0.337 e. The Morgan fingerprint density at radius 2 is 1.84 bits per heavy atom. The molecule has 12 heteroatoms. The van der Waals surface area contributed by atoms with Crippen molar-refractivity contribution in [2.45, 2.75) is 26.5 Å². The van der Waals surface area contributed by atoms with Crippen LogP contribution in [0.1, 0.15) is 36.6 Å². The minimum atomic E-state index is -0.797. The Bertz CT molecular complexity index is 1940. The molecule has 0 saturated carbocycles. The summed E-state index contributed by atoms with van der Waals surface area (Å²) in [5, 5.41) is 0.609. The van der Waals surface area contributed by atoms with Gasteiger partial charge in [-0.2, -0.15) is 0 Å². The lowest BCUT2D eigenvalue weighted by molar-refractivity contribution is -0.136. The van der Waals surface area contributed by atoms with Crippen LogP contribution in [0.15, 0.2) is 80.6 Å². The van der Waals surface area contributed by atoms with Crippen LogP contribution in [0.25, 0.3) is 6.08 Å². The van der Waals surface area contributed by atoms with E-state index in [1.165, 1.54) is 29.2 Å². The third-order valence-electron chi connectivity index (χ3n) is 6.66. The minimum Gasteiger partial charge on any atom is -0.490 e. The van der Waals surface area contributed by atoms with Gasteiger partial charge < -0.3 is 18.9 Å². The Balaban J connectivity index is 1.63. The number of ether oxygens (including phenoxy) is 4. The van der Waals surface area contributed by atoms with E-state index in [0.29, 0.717) is 55.9 Å². The fourth-order valence-electron chi connectivity index (χ4n) is 4.73. The van der Waals surface area contributed by atoms with Crippen molar-refractivity contribution in [1.29, 1.82) is 0 Å². The quantitative estimate of drug-likeness (QED) is 0.136. The molecular formula is C32H27BrClIN2O6S. The van der Waals surface area contributed by atoms with Gasteiger partial charge in [-0.25, -0.2) is 9.79 Å². The van der Waals surface area contributed by atoms with Crippen LogP contribution in [0.2, 0.25) is 5.02 Å². The summed E-state index contributed by atoms with van der Waals surface area (Å²) in [4.78, 5) is 32.0. The SMILES string of the molecule is CCOc1ccc([C@H]2C(C(=O)OC)=CN=c3s/c(=C/c4cc(Br)cc(I)c4OCc4ccccc4Cl)c(=O)n32)cc1OCC. The molecule has 1 aliphatic rings. The number of esters is 1. The van der Waals surface area contributed by atoms with E-state index < -0.39 is 12.0 Å². The maximum absolute atomic E-state index is 14.1. The molecule has 0 aliphatic carbocycles. The first-order chi connectivity index (χ1) is 21.2. The first-order valence-electron chi connectivity index (χ1n) is 13.6. The third-order valence-corrected chi connectivity index (χ3v) is 9.29. The van der Waals surface area contributed by atoms with Crippen molar-refractivity contribution in [2.24, 2.45) is 4.99 Å². The predicted molar refractivity (Wildman–Crippen MR) is 183 cm³/mol. The number of rotatable bonds is 10. The van der Waals surface area contributed by atoms with Gasteiger partial charge in [-0.3, -0.25) is 9.36 Å². The molecule has 0 fully saturated rings. The first-order valence-corrected chi connectivity index (χ1v) is 16.7. The summed E-state index contributed by atoms with van der Waals surface area (Å²) in [6.07, 6.45) is 3.24. The van der Waals surface area contributed by atoms with Crippen molar-refractivity contribution in [3.63, 3.8) is 0 Å². The van der Waals surface area contributed by atoms with Crippen LogP contribution in [-0.4, -0.2) is 30.9 Å². The number of benzene rings is 3. The van der Waals surface area contributed by atoms with Crippen molar-refractivity contribution in [2.75, 3.05) is 20.3 Å².